The van der Waals surface area contributed by atoms with Crippen LogP contribution in [0.4, 0.5) is 14.7 Å². The Balaban J connectivity index is 1.72. The van der Waals surface area contributed by atoms with Crippen LogP contribution in [0.3, 0.4) is 0 Å². The largest absolute Gasteiger partial charge is 0.507 e. The van der Waals surface area contributed by atoms with Crippen LogP contribution in [-0.4, -0.2) is 33.9 Å². The van der Waals surface area contributed by atoms with Crippen molar-refractivity contribution in [1.82, 2.24) is 9.97 Å². The topological polar surface area (TPSA) is 95.5 Å². The summed E-state index contributed by atoms with van der Waals surface area (Å²) in [6, 6.07) is 14.5. The Morgan fingerprint density at radius 3 is 2.50 bits per heavy atom. The van der Waals surface area contributed by atoms with Gasteiger partial charge in [0.15, 0.2) is 11.6 Å². The minimum absolute atomic E-state index is 0.0744. The normalized spacial score (nSPS) is 17.2. The summed E-state index contributed by atoms with van der Waals surface area (Å²) in [5, 5.41) is 11.2. The summed E-state index contributed by atoms with van der Waals surface area (Å²) in [4.78, 5) is 34.7. The fourth-order valence-corrected chi connectivity index (χ4v) is 4.34. The number of halogens is 2. The first-order valence-corrected chi connectivity index (χ1v) is 11.2. The fraction of sp³-hybridized carbons (Fsp3) is 0.148. The summed E-state index contributed by atoms with van der Waals surface area (Å²) in [6.45, 7) is 1.99. The second-order valence-corrected chi connectivity index (χ2v) is 8.34. The van der Waals surface area contributed by atoms with Crippen molar-refractivity contribution >= 4 is 34.4 Å². The number of fused-ring (bicyclic) bond motifs is 1. The van der Waals surface area contributed by atoms with E-state index in [9.17, 15) is 23.5 Å². The summed E-state index contributed by atoms with van der Waals surface area (Å²) < 4.78 is 32.9. The number of imidazole rings is 1. The number of aromatic nitrogens is 2. The fourth-order valence-electron chi connectivity index (χ4n) is 4.34. The Morgan fingerprint density at radius 2 is 1.81 bits per heavy atom. The van der Waals surface area contributed by atoms with Crippen LogP contribution in [0.1, 0.15) is 29.7 Å². The van der Waals surface area contributed by atoms with Gasteiger partial charge < -0.3 is 14.8 Å². The van der Waals surface area contributed by atoms with Gasteiger partial charge in [-0.05, 0) is 29.7 Å². The molecule has 1 aromatic heterocycles. The lowest BCUT2D eigenvalue weighted by Crippen LogP contribution is -2.30. The van der Waals surface area contributed by atoms with Gasteiger partial charge in [-0.1, -0.05) is 43.3 Å². The number of nitrogens with one attached hydrogen (secondary N) is 1. The van der Waals surface area contributed by atoms with Crippen molar-refractivity contribution in [2.24, 2.45) is 0 Å². The van der Waals surface area contributed by atoms with E-state index in [-0.39, 0.29) is 28.3 Å². The van der Waals surface area contributed by atoms with E-state index in [0.29, 0.717) is 16.9 Å². The number of aromatic amines is 1. The van der Waals surface area contributed by atoms with Crippen molar-refractivity contribution in [2.45, 2.75) is 19.4 Å². The zero-order valence-electron chi connectivity index (χ0n) is 19.4. The van der Waals surface area contributed by atoms with Gasteiger partial charge in [-0.3, -0.25) is 14.5 Å². The number of aryl methyl sites for hydroxylation is 1. The molecule has 0 radical (unpaired) electrons. The third-order valence-electron chi connectivity index (χ3n) is 6.23. The Morgan fingerprint density at radius 1 is 1.08 bits per heavy atom. The molecule has 1 unspecified atom stereocenters. The van der Waals surface area contributed by atoms with E-state index in [0.717, 1.165) is 29.0 Å². The Kier molecular flexibility index (Phi) is 5.75. The summed E-state index contributed by atoms with van der Waals surface area (Å²) >= 11 is 0. The van der Waals surface area contributed by atoms with Gasteiger partial charge in [0.2, 0.25) is 5.95 Å². The predicted molar refractivity (Wildman–Crippen MR) is 130 cm³/mol. The number of benzene rings is 3. The highest BCUT2D eigenvalue weighted by molar-refractivity contribution is 6.51. The van der Waals surface area contributed by atoms with E-state index in [4.69, 9.17) is 4.74 Å². The van der Waals surface area contributed by atoms with Crippen LogP contribution in [0.25, 0.3) is 16.8 Å². The molecule has 1 aliphatic rings. The van der Waals surface area contributed by atoms with Crippen LogP contribution in [0, 0.1) is 11.6 Å². The van der Waals surface area contributed by atoms with E-state index in [2.05, 4.69) is 9.97 Å². The second-order valence-electron chi connectivity index (χ2n) is 8.34. The number of H-pyrrole nitrogens is 1. The molecule has 4 aromatic rings. The minimum Gasteiger partial charge on any atom is -0.507 e. The zero-order valence-corrected chi connectivity index (χ0v) is 19.4. The molecule has 3 aromatic carbocycles. The number of aliphatic hydroxyl groups excluding tert-OH is 1. The van der Waals surface area contributed by atoms with Crippen LogP contribution < -0.4 is 9.64 Å². The summed E-state index contributed by atoms with van der Waals surface area (Å²) in [5.74, 6) is -4.02. The quantitative estimate of drug-likeness (QED) is 0.233. The Bertz CT molecular complexity index is 1500. The zero-order chi connectivity index (χ0) is 25.6. The summed E-state index contributed by atoms with van der Waals surface area (Å²) in [5.41, 5.74) is 1.95. The molecule has 0 spiro atoms. The van der Waals surface area contributed by atoms with Gasteiger partial charge in [0, 0.05) is 17.7 Å². The van der Waals surface area contributed by atoms with Gasteiger partial charge in [0.25, 0.3) is 5.78 Å². The monoisotopic (exact) mass is 489 g/mol. The van der Waals surface area contributed by atoms with E-state index >= 15 is 0 Å². The van der Waals surface area contributed by atoms with Crippen LogP contribution >= 0.6 is 0 Å². The molecule has 1 fully saturated rings. The molecular formula is C27H21F2N3O4. The van der Waals surface area contributed by atoms with Crippen molar-refractivity contribution in [2.75, 3.05) is 12.0 Å². The van der Waals surface area contributed by atoms with Crippen molar-refractivity contribution in [3.63, 3.8) is 0 Å². The molecule has 1 amide bonds. The lowest BCUT2D eigenvalue weighted by Gasteiger charge is -2.23. The highest BCUT2D eigenvalue weighted by atomic mass is 19.2. The first-order valence-electron chi connectivity index (χ1n) is 11.2. The molecule has 1 aliphatic heterocycles. The number of hydrogen-bond acceptors (Lipinski definition) is 5. The standard InChI is InChI=1S/C27H21F2N3O4/c1-3-14-7-9-15(10-8-14)24(33)22-23(16-5-4-6-17(11-16)36-2)32(26(35)25(22)34)27-30-20-12-18(28)19(29)13-21(20)31-27/h4-13,23,33H,3H2,1-2H3,(H,30,31)/b24-22+. The van der Waals surface area contributed by atoms with Crippen LogP contribution in [0.2, 0.25) is 0 Å². The summed E-state index contributed by atoms with van der Waals surface area (Å²) in [6.07, 6.45) is 0.794. The third kappa shape index (κ3) is 3.78. The molecule has 5 rings (SSSR count). The molecule has 36 heavy (non-hydrogen) atoms. The smallest absolute Gasteiger partial charge is 0.302 e. The number of carbonyl (C=O) groups excluding carboxylic acids is 2. The van der Waals surface area contributed by atoms with Gasteiger partial charge in [-0.15, -0.1) is 0 Å². The number of ether oxygens (including phenoxy) is 1. The SMILES string of the molecule is CCc1ccc(/C(O)=C2\C(=O)C(=O)N(c3nc4cc(F)c(F)cc4[nH]3)C2c2cccc(OC)c2)cc1. The molecule has 2 N–H and O–H groups in total. The number of hydrogen-bond donors (Lipinski definition) is 2. The maximum absolute atomic E-state index is 13.8. The number of Topliss-reactive ketones (excluding diaryl/α,β-unsaturated/α-hetero) is 1. The van der Waals surface area contributed by atoms with E-state index in [1.165, 1.54) is 7.11 Å². The maximum atomic E-state index is 13.8. The maximum Gasteiger partial charge on any atom is 0.302 e. The van der Waals surface area contributed by atoms with Crippen molar-refractivity contribution in [1.29, 1.82) is 0 Å². The first kappa shape index (κ1) is 23.2. The molecule has 2 heterocycles. The number of ketones is 1. The lowest BCUT2D eigenvalue weighted by atomic mass is 9.95. The third-order valence-corrected chi connectivity index (χ3v) is 6.23. The van der Waals surface area contributed by atoms with Crippen LogP contribution in [-0.2, 0) is 16.0 Å². The number of rotatable bonds is 5. The Labute approximate surface area is 204 Å². The predicted octanol–water partition coefficient (Wildman–Crippen LogP) is 5.04. The molecule has 0 aliphatic carbocycles. The highest BCUT2D eigenvalue weighted by Crippen LogP contribution is 2.42. The summed E-state index contributed by atoms with van der Waals surface area (Å²) in [7, 11) is 1.48. The molecule has 9 heteroatoms. The number of carbonyl (C=O) groups is 2. The van der Waals surface area contributed by atoms with E-state index < -0.39 is 29.4 Å². The number of nitrogens with zero attached hydrogens (tertiary/aromatic N) is 2. The molecule has 1 atom stereocenters. The Hall–Kier alpha value is -4.53. The van der Waals surface area contributed by atoms with Crippen LogP contribution in [0.15, 0.2) is 66.2 Å². The molecular weight excluding hydrogens is 468 g/mol. The molecule has 7 nitrogen and oxygen atoms in total. The van der Waals surface area contributed by atoms with Crippen molar-refractivity contribution < 1.29 is 28.2 Å². The van der Waals surface area contributed by atoms with Crippen molar-refractivity contribution in [3.8, 4) is 5.75 Å². The second kappa shape index (κ2) is 8.92. The van der Waals surface area contributed by atoms with Gasteiger partial charge in [0.05, 0.1) is 29.8 Å². The van der Waals surface area contributed by atoms with E-state index in [1.54, 1.807) is 36.4 Å². The average molecular weight is 489 g/mol. The number of anilines is 1. The van der Waals surface area contributed by atoms with Gasteiger partial charge in [-0.2, -0.15) is 0 Å². The average Bonchev–Trinajstić information content (AvgIpc) is 3.41. The minimum atomic E-state index is -1.09. The van der Waals surface area contributed by atoms with Crippen molar-refractivity contribution in [3.05, 3.63) is 94.6 Å². The van der Waals surface area contributed by atoms with Gasteiger partial charge >= 0.3 is 5.91 Å². The first-order chi connectivity index (χ1) is 17.3. The molecule has 0 saturated carbocycles. The molecule has 1 saturated heterocycles. The molecule has 182 valence electrons. The van der Waals surface area contributed by atoms with Crippen LogP contribution in [0.5, 0.6) is 5.75 Å². The number of aliphatic hydroxyl groups is 1. The van der Waals surface area contributed by atoms with E-state index in [1.807, 2.05) is 19.1 Å². The molecule has 0 bridgehead atoms. The number of methoxy groups -OCH3 is 1. The number of amides is 1. The van der Waals surface area contributed by atoms with Gasteiger partial charge in [-0.25, -0.2) is 13.8 Å². The lowest BCUT2D eigenvalue weighted by molar-refractivity contribution is -0.132. The highest BCUT2D eigenvalue weighted by Gasteiger charge is 2.48. The van der Waals surface area contributed by atoms with Gasteiger partial charge in [0.1, 0.15) is 11.5 Å².